The van der Waals surface area contributed by atoms with Gasteiger partial charge in [-0.3, -0.25) is 9.59 Å². The van der Waals surface area contributed by atoms with E-state index in [0.717, 1.165) is 22.9 Å². The van der Waals surface area contributed by atoms with Crippen LogP contribution in [0.1, 0.15) is 37.8 Å². The summed E-state index contributed by atoms with van der Waals surface area (Å²) in [5.74, 6) is -0.384. The first kappa shape index (κ1) is 23.7. The number of benzene rings is 2. The molecule has 1 atom stereocenters. The number of amides is 2. The molecule has 0 spiro atoms. The van der Waals surface area contributed by atoms with Gasteiger partial charge in [0.05, 0.1) is 6.42 Å². The fraction of sp³-hybridized carbons (Fsp3) is 0.364. The van der Waals surface area contributed by atoms with Crippen LogP contribution in [0.2, 0.25) is 10.0 Å². The first-order valence-electron chi connectivity index (χ1n) is 9.58. The Morgan fingerprint density at radius 1 is 1.14 bits per heavy atom. The van der Waals surface area contributed by atoms with Crippen molar-refractivity contribution in [3.63, 3.8) is 0 Å². The summed E-state index contributed by atoms with van der Waals surface area (Å²) in [4.78, 5) is 27.4. The molecular weight excluding hydrogens is 475 g/mol. The number of nitrogens with zero attached hydrogens (tertiary/aromatic N) is 1. The normalized spacial score (nSPS) is 11.8. The van der Waals surface area contributed by atoms with Gasteiger partial charge in [0.1, 0.15) is 6.04 Å². The maximum Gasteiger partial charge on any atom is 0.242 e. The highest BCUT2D eigenvalue weighted by molar-refractivity contribution is 9.10. The average molecular weight is 500 g/mol. The van der Waals surface area contributed by atoms with Crippen molar-refractivity contribution >= 4 is 50.9 Å². The van der Waals surface area contributed by atoms with E-state index in [9.17, 15) is 9.59 Å². The molecule has 0 saturated heterocycles. The molecule has 0 heterocycles. The lowest BCUT2D eigenvalue weighted by molar-refractivity contribution is -0.140. The molecule has 0 aromatic heterocycles. The molecule has 0 aliphatic heterocycles. The molecule has 2 aromatic carbocycles. The first-order valence-corrected chi connectivity index (χ1v) is 11.1. The van der Waals surface area contributed by atoms with Gasteiger partial charge in [-0.25, -0.2) is 0 Å². The molecule has 156 valence electrons. The van der Waals surface area contributed by atoms with E-state index in [1.165, 1.54) is 0 Å². The topological polar surface area (TPSA) is 49.4 Å². The highest BCUT2D eigenvalue weighted by Gasteiger charge is 2.27. The van der Waals surface area contributed by atoms with Crippen LogP contribution in [0.4, 0.5) is 0 Å². The molecule has 2 amide bonds. The molecule has 2 aromatic rings. The monoisotopic (exact) mass is 498 g/mol. The van der Waals surface area contributed by atoms with Crippen LogP contribution in [0.5, 0.6) is 0 Å². The van der Waals surface area contributed by atoms with E-state index in [4.69, 9.17) is 23.2 Å². The van der Waals surface area contributed by atoms with Crippen LogP contribution in [-0.2, 0) is 22.6 Å². The number of halogens is 3. The Hall–Kier alpha value is -1.56. The van der Waals surface area contributed by atoms with E-state index < -0.39 is 6.04 Å². The summed E-state index contributed by atoms with van der Waals surface area (Å²) in [6.07, 6.45) is 1.91. The maximum atomic E-state index is 13.2. The molecule has 7 heteroatoms. The van der Waals surface area contributed by atoms with E-state index in [-0.39, 0.29) is 18.2 Å². The predicted octanol–water partition coefficient (Wildman–Crippen LogP) is 5.63. The summed E-state index contributed by atoms with van der Waals surface area (Å²) in [5.41, 5.74) is 1.49. The molecule has 0 saturated carbocycles. The Balaban J connectivity index is 2.25. The molecule has 0 radical (unpaired) electrons. The third kappa shape index (κ3) is 7.02. The lowest BCUT2D eigenvalue weighted by atomic mass is 10.1. The summed E-state index contributed by atoms with van der Waals surface area (Å²) in [6, 6.07) is 12.2. The minimum absolute atomic E-state index is 0.0269. The van der Waals surface area contributed by atoms with Crippen LogP contribution in [0.15, 0.2) is 46.9 Å². The summed E-state index contributed by atoms with van der Waals surface area (Å²) >= 11 is 15.9. The predicted molar refractivity (Wildman–Crippen MR) is 122 cm³/mol. The number of carbonyl (C=O) groups excluding carboxylic acids is 2. The summed E-state index contributed by atoms with van der Waals surface area (Å²) in [7, 11) is 0. The van der Waals surface area contributed by atoms with Gasteiger partial charge in [-0.05, 0) is 48.7 Å². The zero-order valence-corrected chi connectivity index (χ0v) is 19.6. The average Bonchev–Trinajstić information content (AvgIpc) is 2.68. The van der Waals surface area contributed by atoms with Crippen molar-refractivity contribution in [2.75, 3.05) is 6.54 Å². The van der Waals surface area contributed by atoms with Gasteiger partial charge >= 0.3 is 0 Å². The van der Waals surface area contributed by atoms with Gasteiger partial charge < -0.3 is 10.2 Å². The van der Waals surface area contributed by atoms with Gasteiger partial charge in [0.2, 0.25) is 11.8 Å². The Bertz CT molecular complexity index is 840. The summed E-state index contributed by atoms with van der Waals surface area (Å²) in [5, 5.41) is 3.78. The summed E-state index contributed by atoms with van der Waals surface area (Å²) in [6.45, 7) is 4.70. The molecule has 0 bridgehead atoms. The highest BCUT2D eigenvalue weighted by Crippen LogP contribution is 2.26. The van der Waals surface area contributed by atoms with Crippen molar-refractivity contribution in [3.05, 3.63) is 68.1 Å². The maximum absolute atomic E-state index is 13.2. The van der Waals surface area contributed by atoms with Crippen molar-refractivity contribution in [2.24, 2.45) is 0 Å². The summed E-state index contributed by atoms with van der Waals surface area (Å²) < 4.78 is 0.914. The molecule has 4 nitrogen and oxygen atoms in total. The van der Waals surface area contributed by atoms with Gasteiger partial charge in [0.25, 0.3) is 0 Å². The second-order valence-electron chi connectivity index (χ2n) is 6.85. The van der Waals surface area contributed by atoms with Gasteiger partial charge in [-0.2, -0.15) is 0 Å². The molecular formula is C22H25BrCl2N2O2. The lowest BCUT2D eigenvalue weighted by Crippen LogP contribution is -2.48. The minimum atomic E-state index is -0.625. The van der Waals surface area contributed by atoms with Crippen LogP contribution in [0, 0.1) is 0 Å². The van der Waals surface area contributed by atoms with Gasteiger partial charge in [-0.15, -0.1) is 0 Å². The Morgan fingerprint density at radius 2 is 1.79 bits per heavy atom. The Labute approximate surface area is 190 Å². The number of carbonyl (C=O) groups is 2. The second kappa shape index (κ2) is 11.6. The third-order valence-electron chi connectivity index (χ3n) is 4.63. The van der Waals surface area contributed by atoms with E-state index >= 15 is 0 Å². The van der Waals surface area contributed by atoms with Gasteiger partial charge in [0, 0.05) is 27.6 Å². The molecule has 0 unspecified atom stereocenters. The molecule has 0 fully saturated rings. The largest absolute Gasteiger partial charge is 0.354 e. The number of hydrogen-bond acceptors (Lipinski definition) is 2. The Morgan fingerprint density at radius 3 is 2.41 bits per heavy atom. The van der Waals surface area contributed by atoms with E-state index in [2.05, 4.69) is 28.2 Å². The number of unbranched alkanes of at least 4 members (excludes halogenated alkanes) is 1. The zero-order chi connectivity index (χ0) is 21.4. The van der Waals surface area contributed by atoms with Crippen molar-refractivity contribution in [3.8, 4) is 0 Å². The Kier molecular flexibility index (Phi) is 9.47. The van der Waals surface area contributed by atoms with Crippen LogP contribution < -0.4 is 5.32 Å². The smallest absolute Gasteiger partial charge is 0.242 e. The lowest BCUT2D eigenvalue weighted by Gasteiger charge is -2.29. The zero-order valence-electron chi connectivity index (χ0n) is 16.6. The van der Waals surface area contributed by atoms with Crippen LogP contribution in [0.25, 0.3) is 0 Å². The highest BCUT2D eigenvalue weighted by atomic mass is 79.9. The number of rotatable bonds is 9. The SMILES string of the molecule is CCCCNC(=O)[C@@H](C)N(Cc1cccc(Br)c1)C(=O)Cc1c(Cl)cccc1Cl. The first-order chi connectivity index (χ1) is 13.8. The van der Waals surface area contributed by atoms with Crippen molar-refractivity contribution < 1.29 is 9.59 Å². The number of nitrogens with one attached hydrogen (secondary N) is 1. The molecule has 0 aliphatic rings. The van der Waals surface area contributed by atoms with Crippen molar-refractivity contribution in [1.29, 1.82) is 0 Å². The third-order valence-corrected chi connectivity index (χ3v) is 5.83. The standard InChI is InChI=1S/C22H25BrCl2N2O2/c1-3-4-11-26-22(29)15(2)27(14-16-7-5-8-17(23)12-16)21(28)13-18-19(24)9-6-10-20(18)25/h5-10,12,15H,3-4,11,13-14H2,1-2H3,(H,26,29)/t15-/m1/s1. The fourth-order valence-corrected chi connectivity index (χ4v) is 3.88. The van der Waals surface area contributed by atoms with E-state index in [1.54, 1.807) is 30.0 Å². The second-order valence-corrected chi connectivity index (χ2v) is 8.58. The van der Waals surface area contributed by atoms with E-state index in [1.807, 2.05) is 24.3 Å². The van der Waals surface area contributed by atoms with Crippen LogP contribution in [-0.4, -0.2) is 29.3 Å². The quantitative estimate of drug-likeness (QED) is 0.454. The van der Waals surface area contributed by atoms with Gasteiger partial charge in [0.15, 0.2) is 0 Å². The molecule has 29 heavy (non-hydrogen) atoms. The number of hydrogen-bond donors (Lipinski definition) is 1. The van der Waals surface area contributed by atoms with E-state index in [0.29, 0.717) is 28.7 Å². The van der Waals surface area contributed by atoms with Crippen LogP contribution >= 0.6 is 39.1 Å². The fourth-order valence-electron chi connectivity index (χ4n) is 2.90. The van der Waals surface area contributed by atoms with Crippen LogP contribution in [0.3, 0.4) is 0 Å². The molecule has 2 rings (SSSR count). The van der Waals surface area contributed by atoms with Crippen molar-refractivity contribution in [2.45, 2.75) is 45.7 Å². The molecule has 0 aliphatic carbocycles. The van der Waals surface area contributed by atoms with Crippen molar-refractivity contribution in [1.82, 2.24) is 10.2 Å². The van der Waals surface area contributed by atoms with Gasteiger partial charge in [-0.1, -0.05) is 70.7 Å². The molecule has 1 N–H and O–H groups in total. The minimum Gasteiger partial charge on any atom is -0.354 e.